The standard InChI is InChI=1S/C17H22O5/c1-4-21-16(19)12(3)11-14(17(20)22-5-2)15(18)13-9-7-6-8-10-13/h6-10,14-15,18H,3-5,11H2,1-2H3. The smallest absolute Gasteiger partial charge is 0.333 e. The van der Waals surface area contributed by atoms with E-state index in [0.29, 0.717) is 5.56 Å². The van der Waals surface area contributed by atoms with Gasteiger partial charge in [-0.2, -0.15) is 0 Å². The summed E-state index contributed by atoms with van der Waals surface area (Å²) in [6.07, 6.45) is -1.10. The van der Waals surface area contributed by atoms with Crippen LogP contribution in [0, 0.1) is 5.92 Å². The van der Waals surface area contributed by atoms with Crippen molar-refractivity contribution in [1.29, 1.82) is 0 Å². The largest absolute Gasteiger partial charge is 0.466 e. The van der Waals surface area contributed by atoms with Gasteiger partial charge in [-0.1, -0.05) is 36.9 Å². The molecule has 0 aliphatic carbocycles. The number of benzene rings is 1. The first kappa shape index (κ1) is 17.9. The fourth-order valence-corrected chi connectivity index (χ4v) is 2.04. The number of ether oxygens (including phenoxy) is 2. The van der Waals surface area contributed by atoms with Gasteiger partial charge in [0.2, 0.25) is 0 Å². The van der Waals surface area contributed by atoms with Gasteiger partial charge >= 0.3 is 11.9 Å². The number of esters is 2. The van der Waals surface area contributed by atoms with Gasteiger partial charge in [-0.25, -0.2) is 4.79 Å². The van der Waals surface area contributed by atoms with Crippen molar-refractivity contribution in [3.8, 4) is 0 Å². The number of rotatable bonds is 8. The Morgan fingerprint density at radius 3 is 2.27 bits per heavy atom. The number of carbonyl (C=O) groups excluding carboxylic acids is 2. The molecule has 0 saturated carbocycles. The molecular weight excluding hydrogens is 284 g/mol. The van der Waals surface area contributed by atoms with Crippen molar-refractivity contribution in [2.45, 2.75) is 26.4 Å². The van der Waals surface area contributed by atoms with Crippen LogP contribution in [-0.4, -0.2) is 30.3 Å². The summed E-state index contributed by atoms with van der Waals surface area (Å²) in [5.74, 6) is -2.04. The van der Waals surface area contributed by atoms with E-state index >= 15 is 0 Å². The van der Waals surface area contributed by atoms with Crippen LogP contribution in [0.3, 0.4) is 0 Å². The second-order valence-corrected chi connectivity index (χ2v) is 4.74. The van der Waals surface area contributed by atoms with E-state index in [2.05, 4.69) is 6.58 Å². The van der Waals surface area contributed by atoms with Gasteiger partial charge in [-0.15, -0.1) is 0 Å². The highest BCUT2D eigenvalue weighted by Crippen LogP contribution is 2.28. The lowest BCUT2D eigenvalue weighted by molar-refractivity contribution is -0.152. The second-order valence-electron chi connectivity index (χ2n) is 4.74. The van der Waals surface area contributed by atoms with Gasteiger partial charge in [0.05, 0.1) is 25.2 Å². The fourth-order valence-electron chi connectivity index (χ4n) is 2.04. The van der Waals surface area contributed by atoms with Crippen LogP contribution in [0.4, 0.5) is 0 Å². The third kappa shape index (κ3) is 5.00. The SMILES string of the molecule is C=C(CC(C(=O)OCC)C(O)c1ccccc1)C(=O)OCC. The van der Waals surface area contributed by atoms with Crippen LogP contribution in [0.2, 0.25) is 0 Å². The quantitative estimate of drug-likeness (QED) is 0.590. The maximum Gasteiger partial charge on any atom is 0.333 e. The molecule has 0 aromatic heterocycles. The minimum atomic E-state index is -1.08. The minimum absolute atomic E-state index is 0.0201. The topological polar surface area (TPSA) is 72.8 Å². The van der Waals surface area contributed by atoms with Crippen molar-refractivity contribution in [1.82, 2.24) is 0 Å². The first-order chi connectivity index (χ1) is 10.5. The first-order valence-corrected chi connectivity index (χ1v) is 7.25. The number of aliphatic hydroxyl groups excluding tert-OH is 1. The molecule has 5 nitrogen and oxygen atoms in total. The van der Waals surface area contributed by atoms with E-state index < -0.39 is 24.0 Å². The third-order valence-corrected chi connectivity index (χ3v) is 3.14. The molecule has 1 rings (SSSR count). The Labute approximate surface area is 130 Å². The van der Waals surface area contributed by atoms with Crippen LogP contribution in [-0.2, 0) is 19.1 Å². The van der Waals surface area contributed by atoms with E-state index in [1.165, 1.54) is 0 Å². The predicted octanol–water partition coefficient (Wildman–Crippen LogP) is 2.41. The zero-order valence-electron chi connectivity index (χ0n) is 13.0. The Morgan fingerprint density at radius 2 is 1.73 bits per heavy atom. The molecule has 5 heteroatoms. The molecule has 1 aromatic carbocycles. The van der Waals surface area contributed by atoms with Gasteiger partial charge in [0, 0.05) is 5.57 Å². The minimum Gasteiger partial charge on any atom is -0.466 e. The third-order valence-electron chi connectivity index (χ3n) is 3.14. The summed E-state index contributed by atoms with van der Waals surface area (Å²) in [4.78, 5) is 23.8. The van der Waals surface area contributed by atoms with Gasteiger partial charge in [0.25, 0.3) is 0 Å². The van der Waals surface area contributed by atoms with Crippen LogP contribution in [0.25, 0.3) is 0 Å². The van der Waals surface area contributed by atoms with Crippen molar-refractivity contribution >= 4 is 11.9 Å². The predicted molar refractivity (Wildman–Crippen MR) is 81.9 cm³/mol. The van der Waals surface area contributed by atoms with Crippen molar-refractivity contribution < 1.29 is 24.2 Å². The molecular formula is C17H22O5. The molecule has 120 valence electrons. The Kier molecular flexibility index (Phi) is 7.32. The van der Waals surface area contributed by atoms with E-state index in [9.17, 15) is 14.7 Å². The van der Waals surface area contributed by atoms with Crippen molar-refractivity contribution in [2.75, 3.05) is 13.2 Å². The van der Waals surface area contributed by atoms with Crippen LogP contribution in [0.15, 0.2) is 42.5 Å². The summed E-state index contributed by atoms with van der Waals surface area (Å²) in [5.41, 5.74) is 0.715. The molecule has 22 heavy (non-hydrogen) atoms. The Hall–Kier alpha value is -2.14. The van der Waals surface area contributed by atoms with E-state index in [0.717, 1.165) is 0 Å². The van der Waals surface area contributed by atoms with Crippen LogP contribution in [0.1, 0.15) is 31.9 Å². The highest BCUT2D eigenvalue weighted by atomic mass is 16.5. The van der Waals surface area contributed by atoms with Crippen molar-refractivity contribution in [3.63, 3.8) is 0 Å². The summed E-state index contributed by atoms with van der Waals surface area (Å²) < 4.78 is 9.85. The van der Waals surface area contributed by atoms with E-state index in [-0.39, 0.29) is 25.2 Å². The van der Waals surface area contributed by atoms with Gasteiger partial charge in [-0.05, 0) is 25.8 Å². The number of aliphatic hydroxyl groups is 1. The van der Waals surface area contributed by atoms with Gasteiger partial charge in [0.1, 0.15) is 0 Å². The van der Waals surface area contributed by atoms with E-state index in [1.807, 2.05) is 6.07 Å². The summed E-state index contributed by atoms with van der Waals surface area (Å²) in [7, 11) is 0. The van der Waals surface area contributed by atoms with Crippen molar-refractivity contribution in [2.24, 2.45) is 5.92 Å². The summed E-state index contributed by atoms with van der Waals surface area (Å²) >= 11 is 0. The number of carbonyl (C=O) groups is 2. The van der Waals surface area contributed by atoms with Crippen LogP contribution < -0.4 is 0 Å². The normalized spacial score (nSPS) is 13.0. The summed E-state index contributed by atoms with van der Waals surface area (Å²) in [6, 6.07) is 8.77. The summed E-state index contributed by atoms with van der Waals surface area (Å²) in [5, 5.41) is 10.4. The van der Waals surface area contributed by atoms with Crippen molar-refractivity contribution in [3.05, 3.63) is 48.0 Å². The average Bonchev–Trinajstić information content (AvgIpc) is 2.53. The lowest BCUT2D eigenvalue weighted by atomic mass is 9.90. The Balaban J connectivity index is 2.91. The molecule has 0 bridgehead atoms. The second kappa shape index (κ2) is 9.00. The lowest BCUT2D eigenvalue weighted by Gasteiger charge is -2.22. The summed E-state index contributed by atoms with van der Waals surface area (Å²) in [6.45, 7) is 7.43. The molecule has 0 spiro atoms. The molecule has 2 atom stereocenters. The average molecular weight is 306 g/mol. The van der Waals surface area contributed by atoms with E-state index in [4.69, 9.17) is 9.47 Å². The van der Waals surface area contributed by atoms with Gasteiger partial charge < -0.3 is 14.6 Å². The monoisotopic (exact) mass is 306 g/mol. The molecule has 0 saturated heterocycles. The first-order valence-electron chi connectivity index (χ1n) is 7.25. The highest BCUT2D eigenvalue weighted by Gasteiger charge is 2.31. The Morgan fingerprint density at radius 1 is 1.14 bits per heavy atom. The lowest BCUT2D eigenvalue weighted by Crippen LogP contribution is -2.26. The molecule has 1 N–H and O–H groups in total. The Bertz CT molecular complexity index is 509. The van der Waals surface area contributed by atoms with Gasteiger partial charge in [0.15, 0.2) is 0 Å². The van der Waals surface area contributed by atoms with Crippen LogP contribution >= 0.6 is 0 Å². The fraction of sp³-hybridized carbons (Fsp3) is 0.412. The zero-order valence-corrected chi connectivity index (χ0v) is 13.0. The maximum absolute atomic E-state index is 12.1. The maximum atomic E-state index is 12.1. The van der Waals surface area contributed by atoms with Crippen LogP contribution in [0.5, 0.6) is 0 Å². The molecule has 0 aliphatic rings. The number of hydrogen-bond donors (Lipinski definition) is 1. The molecule has 0 aliphatic heterocycles. The molecule has 2 unspecified atom stereocenters. The van der Waals surface area contributed by atoms with E-state index in [1.54, 1.807) is 38.1 Å². The number of hydrogen-bond acceptors (Lipinski definition) is 5. The molecule has 0 fully saturated rings. The zero-order chi connectivity index (χ0) is 16.5. The van der Waals surface area contributed by atoms with Gasteiger partial charge in [-0.3, -0.25) is 4.79 Å². The molecule has 0 radical (unpaired) electrons. The molecule has 0 amide bonds. The highest BCUT2D eigenvalue weighted by molar-refractivity contribution is 5.89. The molecule has 1 aromatic rings. The molecule has 0 heterocycles.